The lowest BCUT2D eigenvalue weighted by molar-refractivity contribution is 0.584. The molecule has 1 aliphatic rings. The SMILES string of the molecule is CNc1nc(N2CCSCC2S(C)(=O)=O)c(Cl)cc1Cl. The summed E-state index contributed by atoms with van der Waals surface area (Å²) >= 11 is 13.8. The van der Waals surface area contributed by atoms with Crippen molar-refractivity contribution in [2.75, 3.05) is 41.6 Å². The van der Waals surface area contributed by atoms with Crippen LogP contribution < -0.4 is 10.2 Å². The molecule has 9 heteroatoms. The van der Waals surface area contributed by atoms with Gasteiger partial charge in [-0.25, -0.2) is 13.4 Å². The molecule has 0 spiro atoms. The minimum absolute atomic E-state index is 0.356. The van der Waals surface area contributed by atoms with Gasteiger partial charge in [0.05, 0.1) is 10.0 Å². The van der Waals surface area contributed by atoms with E-state index in [0.717, 1.165) is 5.75 Å². The molecule has 2 rings (SSSR count). The van der Waals surface area contributed by atoms with Crippen molar-refractivity contribution in [2.45, 2.75) is 5.37 Å². The predicted molar refractivity (Wildman–Crippen MR) is 87.1 cm³/mol. The van der Waals surface area contributed by atoms with E-state index in [-0.39, 0.29) is 0 Å². The van der Waals surface area contributed by atoms with Crippen LogP contribution in [-0.2, 0) is 9.84 Å². The molecule has 0 saturated carbocycles. The van der Waals surface area contributed by atoms with Crippen molar-refractivity contribution in [1.29, 1.82) is 0 Å². The fraction of sp³-hybridized carbons (Fsp3) is 0.545. The first-order chi connectivity index (χ1) is 9.34. The number of aromatic nitrogens is 1. The van der Waals surface area contributed by atoms with Gasteiger partial charge in [0.1, 0.15) is 11.2 Å². The van der Waals surface area contributed by atoms with Crippen molar-refractivity contribution in [3.05, 3.63) is 16.1 Å². The minimum Gasteiger partial charge on any atom is -0.372 e. The zero-order valence-corrected chi connectivity index (χ0v) is 14.2. The molecule has 0 aromatic carbocycles. The van der Waals surface area contributed by atoms with Gasteiger partial charge >= 0.3 is 0 Å². The quantitative estimate of drug-likeness (QED) is 0.897. The lowest BCUT2D eigenvalue weighted by Crippen LogP contribution is -2.47. The summed E-state index contributed by atoms with van der Waals surface area (Å²) in [6.45, 7) is 0.583. The van der Waals surface area contributed by atoms with Crippen LogP contribution >= 0.6 is 35.0 Å². The summed E-state index contributed by atoms with van der Waals surface area (Å²) in [5.41, 5.74) is 0. The Balaban J connectivity index is 2.47. The summed E-state index contributed by atoms with van der Waals surface area (Å²) in [7, 11) is -1.52. The highest BCUT2D eigenvalue weighted by molar-refractivity contribution is 8.01. The molecular formula is C11H15Cl2N3O2S2. The second-order valence-corrected chi connectivity index (χ2v) is 8.59. The van der Waals surface area contributed by atoms with Crippen LogP contribution in [0.2, 0.25) is 10.0 Å². The van der Waals surface area contributed by atoms with Crippen LogP contribution in [-0.4, -0.2) is 50.1 Å². The minimum atomic E-state index is -3.22. The third kappa shape index (κ3) is 3.27. The summed E-state index contributed by atoms with van der Waals surface area (Å²) < 4.78 is 23.9. The largest absolute Gasteiger partial charge is 0.372 e. The van der Waals surface area contributed by atoms with Crippen molar-refractivity contribution < 1.29 is 8.42 Å². The third-order valence-corrected chi connectivity index (χ3v) is 6.21. The first-order valence-electron chi connectivity index (χ1n) is 5.91. The fourth-order valence-electron chi connectivity index (χ4n) is 2.01. The standard InChI is InChI=1S/C11H15Cl2N3O2S2/c1-14-10-7(12)5-8(13)11(15-10)16-3-4-19-6-9(16)20(2,17)18/h5,9H,3-4,6H2,1-2H3,(H,14,15). The normalized spacial score (nSPS) is 20.0. The van der Waals surface area contributed by atoms with Crippen LogP contribution in [0, 0.1) is 0 Å². The van der Waals surface area contributed by atoms with Crippen LogP contribution in [0.4, 0.5) is 11.6 Å². The van der Waals surface area contributed by atoms with Gasteiger partial charge < -0.3 is 10.2 Å². The zero-order chi connectivity index (χ0) is 14.9. The van der Waals surface area contributed by atoms with Gasteiger partial charge in [0, 0.05) is 31.4 Å². The zero-order valence-electron chi connectivity index (χ0n) is 11.1. The number of hydrogen-bond acceptors (Lipinski definition) is 6. The molecule has 0 radical (unpaired) electrons. The Bertz CT molecular complexity index is 610. The highest BCUT2D eigenvalue weighted by Gasteiger charge is 2.33. The van der Waals surface area contributed by atoms with Crippen molar-refractivity contribution in [3.63, 3.8) is 0 Å². The highest BCUT2D eigenvalue weighted by atomic mass is 35.5. The predicted octanol–water partition coefficient (Wildman–Crippen LogP) is 2.35. The van der Waals surface area contributed by atoms with Gasteiger partial charge in [-0.1, -0.05) is 23.2 Å². The van der Waals surface area contributed by atoms with Crippen LogP contribution in [0.15, 0.2) is 6.07 Å². The topological polar surface area (TPSA) is 62.3 Å². The Morgan fingerprint density at radius 1 is 1.45 bits per heavy atom. The van der Waals surface area contributed by atoms with Gasteiger partial charge in [0.15, 0.2) is 15.7 Å². The van der Waals surface area contributed by atoms with Gasteiger partial charge in [-0.3, -0.25) is 0 Å². The molecule has 1 unspecified atom stereocenters. The number of halogens is 2. The second-order valence-electron chi connectivity index (χ2n) is 4.43. The Kier molecular flexibility index (Phi) is 4.94. The molecule has 1 aromatic heterocycles. The number of rotatable bonds is 3. The van der Waals surface area contributed by atoms with E-state index in [1.165, 1.54) is 6.26 Å². The molecule has 1 saturated heterocycles. The summed E-state index contributed by atoms with van der Waals surface area (Å²) in [5, 5.41) is 3.02. The maximum atomic E-state index is 11.9. The van der Waals surface area contributed by atoms with Gasteiger partial charge in [0.25, 0.3) is 0 Å². The molecule has 2 heterocycles. The molecule has 0 bridgehead atoms. The van der Waals surface area contributed by atoms with Gasteiger partial charge in [-0.05, 0) is 6.07 Å². The molecular weight excluding hydrogens is 341 g/mol. The smallest absolute Gasteiger partial charge is 0.169 e. The van der Waals surface area contributed by atoms with E-state index >= 15 is 0 Å². The van der Waals surface area contributed by atoms with Crippen LogP contribution in [0.25, 0.3) is 0 Å². The van der Waals surface area contributed by atoms with Gasteiger partial charge in [-0.2, -0.15) is 11.8 Å². The molecule has 1 fully saturated rings. The maximum Gasteiger partial charge on any atom is 0.169 e. The van der Waals surface area contributed by atoms with Crippen LogP contribution in [0.5, 0.6) is 0 Å². The average molecular weight is 356 g/mol. The van der Waals surface area contributed by atoms with E-state index in [1.54, 1.807) is 29.8 Å². The van der Waals surface area contributed by atoms with Crippen molar-refractivity contribution >= 4 is 56.4 Å². The van der Waals surface area contributed by atoms with Gasteiger partial charge in [0.2, 0.25) is 0 Å². The monoisotopic (exact) mass is 355 g/mol. The Labute approximate surface area is 132 Å². The number of nitrogens with one attached hydrogen (secondary N) is 1. The maximum absolute atomic E-state index is 11.9. The summed E-state index contributed by atoms with van der Waals surface area (Å²) in [4.78, 5) is 6.10. The number of thioether (sulfide) groups is 1. The molecule has 1 aliphatic heterocycles. The number of sulfone groups is 1. The fourth-order valence-corrected chi connectivity index (χ4v) is 5.39. The molecule has 5 nitrogen and oxygen atoms in total. The van der Waals surface area contributed by atoms with E-state index in [0.29, 0.717) is 34.0 Å². The van der Waals surface area contributed by atoms with Crippen molar-refractivity contribution in [3.8, 4) is 0 Å². The van der Waals surface area contributed by atoms with Gasteiger partial charge in [-0.15, -0.1) is 0 Å². The van der Waals surface area contributed by atoms with Crippen LogP contribution in [0.1, 0.15) is 0 Å². The molecule has 0 amide bonds. The first kappa shape index (κ1) is 16.0. The van der Waals surface area contributed by atoms with E-state index in [9.17, 15) is 8.42 Å². The summed E-state index contributed by atoms with van der Waals surface area (Å²) in [6, 6.07) is 1.58. The number of nitrogens with zero attached hydrogens (tertiary/aromatic N) is 2. The van der Waals surface area contributed by atoms with Crippen molar-refractivity contribution in [2.24, 2.45) is 0 Å². The molecule has 0 aliphatic carbocycles. The molecule has 1 aromatic rings. The number of pyridine rings is 1. The number of anilines is 2. The first-order valence-corrected chi connectivity index (χ1v) is 9.78. The molecule has 20 heavy (non-hydrogen) atoms. The Hall–Kier alpha value is -0.370. The molecule has 1 N–H and O–H groups in total. The lowest BCUT2D eigenvalue weighted by Gasteiger charge is -2.35. The Morgan fingerprint density at radius 2 is 2.15 bits per heavy atom. The highest BCUT2D eigenvalue weighted by Crippen LogP contribution is 2.35. The Morgan fingerprint density at radius 3 is 2.75 bits per heavy atom. The second kappa shape index (κ2) is 6.17. The van der Waals surface area contributed by atoms with Crippen LogP contribution in [0.3, 0.4) is 0 Å². The molecule has 1 atom stereocenters. The van der Waals surface area contributed by atoms with E-state index in [2.05, 4.69) is 10.3 Å². The lowest BCUT2D eigenvalue weighted by atomic mass is 10.3. The average Bonchev–Trinajstić information content (AvgIpc) is 2.38. The molecule has 112 valence electrons. The summed E-state index contributed by atoms with van der Waals surface area (Å²) in [5.74, 6) is 2.28. The van der Waals surface area contributed by atoms with Crippen molar-refractivity contribution in [1.82, 2.24) is 4.98 Å². The van der Waals surface area contributed by atoms with E-state index in [4.69, 9.17) is 23.2 Å². The number of hydrogen-bond donors (Lipinski definition) is 1. The van der Waals surface area contributed by atoms with E-state index < -0.39 is 15.2 Å². The third-order valence-electron chi connectivity index (χ3n) is 3.00. The summed E-state index contributed by atoms with van der Waals surface area (Å²) in [6.07, 6.45) is 1.24. The van der Waals surface area contributed by atoms with E-state index in [1.807, 2.05) is 0 Å².